The summed E-state index contributed by atoms with van der Waals surface area (Å²) in [5, 5.41) is 3.74. The minimum absolute atomic E-state index is 0.584. The Balaban J connectivity index is 1.65. The molecule has 1 aliphatic carbocycles. The molecule has 0 bridgehead atoms. The number of likely N-dealkylation sites (N-methyl/N-ethyl adjacent to an activating group) is 1. The summed E-state index contributed by atoms with van der Waals surface area (Å²) in [6.45, 7) is 4.49. The number of rotatable bonds is 7. The molecule has 112 valence electrons. The van der Waals surface area contributed by atoms with Gasteiger partial charge in [-0.1, -0.05) is 25.3 Å². The highest BCUT2D eigenvalue weighted by atomic mass is 15.1. The van der Waals surface area contributed by atoms with Gasteiger partial charge in [0.2, 0.25) is 0 Å². The molecular weight excluding hydrogens is 246 g/mol. The lowest BCUT2D eigenvalue weighted by molar-refractivity contribution is 0.239. The fourth-order valence-electron chi connectivity index (χ4n) is 2.86. The van der Waals surface area contributed by atoms with Crippen LogP contribution in [0.3, 0.4) is 0 Å². The van der Waals surface area contributed by atoms with E-state index in [1.165, 1.54) is 37.8 Å². The van der Waals surface area contributed by atoms with Crippen LogP contribution in [-0.2, 0) is 6.42 Å². The summed E-state index contributed by atoms with van der Waals surface area (Å²) in [6, 6.07) is 7.50. The quantitative estimate of drug-likeness (QED) is 0.829. The van der Waals surface area contributed by atoms with E-state index in [0.29, 0.717) is 6.04 Å². The van der Waals surface area contributed by atoms with Gasteiger partial charge in [0.25, 0.3) is 0 Å². The third-order valence-electron chi connectivity index (χ3n) is 4.51. The number of hydrogen-bond donors (Lipinski definition) is 1. The number of aromatic nitrogens is 1. The summed E-state index contributed by atoms with van der Waals surface area (Å²) in [7, 11) is 2.22. The van der Waals surface area contributed by atoms with Crippen LogP contribution in [-0.4, -0.2) is 42.1 Å². The Labute approximate surface area is 123 Å². The molecule has 1 aromatic rings. The first-order valence-electron chi connectivity index (χ1n) is 8.09. The normalized spacial score (nSPS) is 18.4. The minimum atomic E-state index is 0.584. The highest BCUT2D eigenvalue weighted by Gasteiger charge is 2.15. The van der Waals surface area contributed by atoms with E-state index in [9.17, 15) is 0 Å². The van der Waals surface area contributed by atoms with Crippen molar-refractivity contribution in [3.63, 3.8) is 0 Å². The van der Waals surface area contributed by atoms with Gasteiger partial charge in [0.05, 0.1) is 0 Å². The maximum Gasteiger partial charge on any atom is 0.0416 e. The zero-order valence-electron chi connectivity index (χ0n) is 13.0. The van der Waals surface area contributed by atoms with Crippen LogP contribution in [0.5, 0.6) is 0 Å². The van der Waals surface area contributed by atoms with Crippen molar-refractivity contribution < 1.29 is 0 Å². The van der Waals surface area contributed by atoms with Gasteiger partial charge in [-0.2, -0.15) is 0 Å². The van der Waals surface area contributed by atoms with Gasteiger partial charge < -0.3 is 10.2 Å². The van der Waals surface area contributed by atoms with Gasteiger partial charge in [-0.25, -0.2) is 0 Å². The molecule has 0 saturated heterocycles. The van der Waals surface area contributed by atoms with Crippen LogP contribution in [0, 0.1) is 0 Å². The Bertz CT molecular complexity index is 360. The van der Waals surface area contributed by atoms with Crippen LogP contribution in [0.15, 0.2) is 24.4 Å². The van der Waals surface area contributed by atoms with E-state index >= 15 is 0 Å². The van der Waals surface area contributed by atoms with Gasteiger partial charge in [0.1, 0.15) is 0 Å². The molecule has 3 nitrogen and oxygen atoms in total. The van der Waals surface area contributed by atoms with Crippen molar-refractivity contribution in [2.45, 2.75) is 57.5 Å². The number of hydrogen-bond acceptors (Lipinski definition) is 3. The zero-order chi connectivity index (χ0) is 14.2. The topological polar surface area (TPSA) is 28.2 Å². The van der Waals surface area contributed by atoms with E-state index in [-0.39, 0.29) is 0 Å². The van der Waals surface area contributed by atoms with Crippen molar-refractivity contribution in [1.29, 1.82) is 0 Å². The lowest BCUT2D eigenvalue weighted by Crippen LogP contribution is -2.43. The van der Waals surface area contributed by atoms with Crippen LogP contribution in [0.4, 0.5) is 0 Å². The molecule has 3 heteroatoms. The first kappa shape index (κ1) is 15.5. The lowest BCUT2D eigenvalue weighted by atomic mass is 9.95. The number of nitrogens with zero attached hydrogens (tertiary/aromatic N) is 2. The smallest absolute Gasteiger partial charge is 0.0416 e. The van der Waals surface area contributed by atoms with E-state index < -0.39 is 0 Å². The van der Waals surface area contributed by atoms with Gasteiger partial charge in [0, 0.05) is 43.5 Å². The second-order valence-electron chi connectivity index (χ2n) is 6.14. The molecule has 20 heavy (non-hydrogen) atoms. The predicted octanol–water partition coefficient (Wildman–Crippen LogP) is 2.87. The molecule has 0 radical (unpaired) electrons. The van der Waals surface area contributed by atoms with E-state index in [1.54, 1.807) is 0 Å². The van der Waals surface area contributed by atoms with E-state index in [1.807, 2.05) is 12.3 Å². The Morgan fingerprint density at radius 3 is 2.80 bits per heavy atom. The van der Waals surface area contributed by atoms with Gasteiger partial charge >= 0.3 is 0 Å². The standard InChI is InChI=1S/C17H29N3/c1-15(14-19-16-8-4-3-5-9-16)20(2)13-11-17-10-6-7-12-18-17/h6-7,10,12,15-16,19H,3-5,8-9,11,13-14H2,1-2H3. The van der Waals surface area contributed by atoms with E-state index in [4.69, 9.17) is 0 Å². The molecule has 0 aromatic carbocycles. The minimum Gasteiger partial charge on any atom is -0.312 e. The Morgan fingerprint density at radius 1 is 1.30 bits per heavy atom. The molecular formula is C17H29N3. The fraction of sp³-hybridized carbons (Fsp3) is 0.706. The van der Waals surface area contributed by atoms with Crippen molar-refractivity contribution in [1.82, 2.24) is 15.2 Å². The third-order valence-corrected chi connectivity index (χ3v) is 4.51. The molecule has 1 aliphatic rings. The average Bonchev–Trinajstić information content (AvgIpc) is 2.52. The molecule has 1 heterocycles. The fourth-order valence-corrected chi connectivity index (χ4v) is 2.86. The summed E-state index contributed by atoms with van der Waals surface area (Å²) in [5.41, 5.74) is 1.19. The number of pyridine rings is 1. The van der Waals surface area contributed by atoms with E-state index in [2.05, 4.69) is 41.3 Å². The summed E-state index contributed by atoms with van der Waals surface area (Å²) in [5.74, 6) is 0. The Morgan fingerprint density at radius 2 is 2.10 bits per heavy atom. The molecule has 1 unspecified atom stereocenters. The monoisotopic (exact) mass is 275 g/mol. The van der Waals surface area contributed by atoms with Gasteiger partial charge in [-0.3, -0.25) is 4.98 Å². The molecule has 1 fully saturated rings. The molecule has 0 spiro atoms. The summed E-state index contributed by atoms with van der Waals surface area (Å²) in [6.07, 6.45) is 9.88. The summed E-state index contributed by atoms with van der Waals surface area (Å²) < 4.78 is 0. The van der Waals surface area contributed by atoms with Gasteiger partial charge in [-0.15, -0.1) is 0 Å². The highest BCUT2D eigenvalue weighted by molar-refractivity contribution is 5.03. The van der Waals surface area contributed by atoms with Crippen molar-refractivity contribution >= 4 is 0 Å². The maximum atomic E-state index is 4.39. The third kappa shape index (κ3) is 5.22. The highest BCUT2D eigenvalue weighted by Crippen LogP contribution is 2.17. The molecule has 1 aromatic heterocycles. The summed E-state index contributed by atoms with van der Waals surface area (Å²) >= 11 is 0. The zero-order valence-corrected chi connectivity index (χ0v) is 13.0. The van der Waals surface area contributed by atoms with Crippen LogP contribution >= 0.6 is 0 Å². The summed E-state index contributed by atoms with van der Waals surface area (Å²) in [4.78, 5) is 6.82. The van der Waals surface area contributed by atoms with Crippen molar-refractivity contribution in [2.75, 3.05) is 20.1 Å². The molecule has 1 N–H and O–H groups in total. The Hall–Kier alpha value is -0.930. The lowest BCUT2D eigenvalue weighted by Gasteiger charge is -2.29. The molecule has 1 saturated carbocycles. The molecule has 0 aliphatic heterocycles. The van der Waals surface area contributed by atoms with Gasteiger partial charge in [-0.05, 0) is 38.9 Å². The first-order chi connectivity index (χ1) is 9.75. The van der Waals surface area contributed by atoms with Crippen LogP contribution in [0.25, 0.3) is 0 Å². The predicted molar refractivity (Wildman–Crippen MR) is 84.9 cm³/mol. The van der Waals surface area contributed by atoms with Gasteiger partial charge in [0.15, 0.2) is 0 Å². The number of nitrogens with one attached hydrogen (secondary N) is 1. The van der Waals surface area contributed by atoms with Crippen LogP contribution < -0.4 is 5.32 Å². The van der Waals surface area contributed by atoms with E-state index in [0.717, 1.165) is 25.6 Å². The molecule has 0 amide bonds. The maximum absolute atomic E-state index is 4.39. The second-order valence-corrected chi connectivity index (χ2v) is 6.14. The van der Waals surface area contributed by atoms with Crippen LogP contribution in [0.2, 0.25) is 0 Å². The van der Waals surface area contributed by atoms with Crippen molar-refractivity contribution in [3.8, 4) is 0 Å². The molecule has 2 rings (SSSR count). The Kier molecular flexibility index (Phi) is 6.48. The SMILES string of the molecule is CC(CNC1CCCCC1)N(C)CCc1ccccn1. The van der Waals surface area contributed by atoms with Crippen molar-refractivity contribution in [3.05, 3.63) is 30.1 Å². The average molecular weight is 275 g/mol. The van der Waals surface area contributed by atoms with Crippen LogP contribution in [0.1, 0.15) is 44.7 Å². The van der Waals surface area contributed by atoms with Crippen molar-refractivity contribution in [2.24, 2.45) is 0 Å². The second kappa shape index (κ2) is 8.38. The first-order valence-corrected chi connectivity index (χ1v) is 8.09. The largest absolute Gasteiger partial charge is 0.312 e. The molecule has 1 atom stereocenters.